The lowest BCUT2D eigenvalue weighted by molar-refractivity contribution is -0.119. The summed E-state index contributed by atoms with van der Waals surface area (Å²) in [6.45, 7) is 0.838. The van der Waals surface area contributed by atoms with Crippen molar-refractivity contribution in [2.75, 3.05) is 18.5 Å². The monoisotopic (exact) mass is 248 g/mol. The number of aromatic carboxylic acids is 1. The molecule has 2 rings (SSSR count). The molecule has 1 aliphatic heterocycles. The van der Waals surface area contributed by atoms with Crippen LogP contribution in [-0.2, 0) is 4.79 Å². The Balaban J connectivity index is 2.25. The van der Waals surface area contributed by atoms with Gasteiger partial charge in [-0.3, -0.25) is 4.79 Å². The summed E-state index contributed by atoms with van der Waals surface area (Å²) in [5.41, 5.74) is 0.579. The fourth-order valence-corrected chi connectivity index (χ4v) is 2.19. The molecule has 1 saturated heterocycles. The van der Waals surface area contributed by atoms with Gasteiger partial charge in [0, 0.05) is 7.05 Å². The van der Waals surface area contributed by atoms with Crippen molar-refractivity contribution in [1.29, 1.82) is 0 Å². The zero-order valence-electron chi connectivity index (χ0n) is 10.2. The Kier molecular flexibility index (Phi) is 3.62. The van der Waals surface area contributed by atoms with Gasteiger partial charge in [0.25, 0.3) is 0 Å². The van der Waals surface area contributed by atoms with Crippen LogP contribution in [0.4, 0.5) is 5.69 Å². The molecular weight excluding hydrogens is 232 g/mol. The van der Waals surface area contributed by atoms with Crippen LogP contribution in [0.5, 0.6) is 0 Å². The first-order valence-corrected chi connectivity index (χ1v) is 5.94. The maximum atomic E-state index is 12.2. The molecule has 0 spiro atoms. The summed E-state index contributed by atoms with van der Waals surface area (Å²) in [5.74, 6) is -1.11. The molecule has 1 atom stereocenters. The molecule has 0 aromatic heterocycles. The zero-order valence-corrected chi connectivity index (χ0v) is 10.2. The number of rotatable bonds is 3. The first-order chi connectivity index (χ1) is 8.61. The molecular formula is C13H16N2O3. The predicted molar refractivity (Wildman–Crippen MR) is 67.8 cm³/mol. The average Bonchev–Trinajstić information content (AvgIpc) is 2.90. The van der Waals surface area contributed by atoms with E-state index in [4.69, 9.17) is 5.11 Å². The molecule has 0 bridgehead atoms. The Morgan fingerprint density at radius 3 is 2.72 bits per heavy atom. The van der Waals surface area contributed by atoms with E-state index in [1.54, 1.807) is 25.2 Å². The quantitative estimate of drug-likeness (QED) is 0.840. The van der Waals surface area contributed by atoms with Crippen LogP contribution in [0, 0.1) is 0 Å². The number of nitrogens with zero attached hydrogens (tertiary/aromatic N) is 1. The van der Waals surface area contributed by atoms with E-state index in [-0.39, 0.29) is 17.5 Å². The number of para-hydroxylation sites is 1. The van der Waals surface area contributed by atoms with Gasteiger partial charge in [-0.2, -0.15) is 0 Å². The molecule has 5 nitrogen and oxygen atoms in total. The third-order valence-electron chi connectivity index (χ3n) is 3.18. The van der Waals surface area contributed by atoms with Crippen molar-refractivity contribution < 1.29 is 14.7 Å². The van der Waals surface area contributed by atoms with Gasteiger partial charge in [0.15, 0.2) is 0 Å². The molecule has 5 heteroatoms. The smallest absolute Gasteiger partial charge is 0.337 e. The van der Waals surface area contributed by atoms with Gasteiger partial charge in [-0.05, 0) is 31.5 Å². The molecule has 1 amide bonds. The number of hydrogen-bond donors (Lipinski definition) is 2. The first kappa shape index (κ1) is 12.6. The topological polar surface area (TPSA) is 69.6 Å². The van der Waals surface area contributed by atoms with Crippen LogP contribution < -0.4 is 10.2 Å². The van der Waals surface area contributed by atoms with Crippen LogP contribution in [0.3, 0.4) is 0 Å². The Morgan fingerprint density at radius 1 is 1.39 bits per heavy atom. The summed E-state index contributed by atoms with van der Waals surface area (Å²) in [7, 11) is 1.62. The summed E-state index contributed by atoms with van der Waals surface area (Å²) in [6.07, 6.45) is 1.78. The van der Waals surface area contributed by atoms with E-state index in [1.165, 1.54) is 11.0 Å². The van der Waals surface area contributed by atoms with Crippen LogP contribution in [0.25, 0.3) is 0 Å². The minimum Gasteiger partial charge on any atom is -0.478 e. The third-order valence-corrected chi connectivity index (χ3v) is 3.18. The average molecular weight is 248 g/mol. The molecule has 96 valence electrons. The van der Waals surface area contributed by atoms with E-state index >= 15 is 0 Å². The van der Waals surface area contributed by atoms with E-state index in [1.807, 2.05) is 0 Å². The molecule has 0 radical (unpaired) electrons. The highest BCUT2D eigenvalue weighted by Gasteiger charge is 2.27. The minimum absolute atomic E-state index is 0.0822. The number of anilines is 1. The first-order valence-electron chi connectivity index (χ1n) is 5.94. The number of amides is 1. The van der Waals surface area contributed by atoms with E-state index in [0.717, 1.165) is 19.4 Å². The number of carboxylic acid groups (broad SMARTS) is 1. The van der Waals surface area contributed by atoms with E-state index in [9.17, 15) is 9.59 Å². The number of likely N-dealkylation sites (N-methyl/N-ethyl adjacent to an activating group) is 1. The third kappa shape index (κ3) is 2.36. The second-order valence-corrected chi connectivity index (χ2v) is 4.37. The van der Waals surface area contributed by atoms with Gasteiger partial charge >= 0.3 is 5.97 Å². The summed E-state index contributed by atoms with van der Waals surface area (Å²) in [6, 6.07) is 6.34. The van der Waals surface area contributed by atoms with E-state index in [0.29, 0.717) is 5.69 Å². The van der Waals surface area contributed by atoms with Crippen LogP contribution in [0.15, 0.2) is 24.3 Å². The van der Waals surface area contributed by atoms with Crippen molar-refractivity contribution in [2.24, 2.45) is 0 Å². The fraction of sp³-hybridized carbons (Fsp3) is 0.385. The zero-order chi connectivity index (χ0) is 13.1. The van der Waals surface area contributed by atoms with Crippen LogP contribution in [0.2, 0.25) is 0 Å². The normalized spacial score (nSPS) is 18.6. The highest BCUT2D eigenvalue weighted by molar-refractivity contribution is 6.03. The summed E-state index contributed by atoms with van der Waals surface area (Å²) in [4.78, 5) is 24.7. The van der Waals surface area contributed by atoms with Gasteiger partial charge in [0.1, 0.15) is 0 Å². The van der Waals surface area contributed by atoms with Crippen LogP contribution in [-0.4, -0.2) is 36.6 Å². The molecule has 2 N–H and O–H groups in total. The van der Waals surface area contributed by atoms with Crippen LogP contribution in [0.1, 0.15) is 23.2 Å². The molecule has 1 unspecified atom stereocenters. The maximum absolute atomic E-state index is 12.2. The molecule has 1 fully saturated rings. The highest BCUT2D eigenvalue weighted by atomic mass is 16.4. The Bertz CT molecular complexity index is 467. The second-order valence-electron chi connectivity index (χ2n) is 4.37. The van der Waals surface area contributed by atoms with Gasteiger partial charge in [-0.15, -0.1) is 0 Å². The molecule has 0 saturated carbocycles. The van der Waals surface area contributed by atoms with Gasteiger partial charge in [0.2, 0.25) is 5.91 Å². The standard InChI is InChI=1S/C13H16N2O3/c1-15(12(16)10-6-4-8-14-10)11-7-3-2-5-9(11)13(17)18/h2-3,5,7,10,14H,4,6,8H2,1H3,(H,17,18). The predicted octanol–water partition coefficient (Wildman–Crippen LogP) is 1.10. The van der Waals surface area contributed by atoms with Crippen molar-refractivity contribution in [3.8, 4) is 0 Å². The number of carbonyl (C=O) groups excluding carboxylic acids is 1. The SMILES string of the molecule is CN(C(=O)C1CCCN1)c1ccccc1C(=O)O. The van der Waals surface area contributed by atoms with Crippen molar-refractivity contribution in [3.05, 3.63) is 29.8 Å². The van der Waals surface area contributed by atoms with Gasteiger partial charge in [-0.25, -0.2) is 4.79 Å². The minimum atomic E-state index is -1.02. The van der Waals surface area contributed by atoms with Gasteiger partial charge < -0.3 is 15.3 Å². The van der Waals surface area contributed by atoms with E-state index < -0.39 is 5.97 Å². The summed E-state index contributed by atoms with van der Waals surface area (Å²) < 4.78 is 0. The molecule has 0 aliphatic carbocycles. The van der Waals surface area contributed by atoms with Crippen molar-refractivity contribution in [1.82, 2.24) is 5.32 Å². The number of benzene rings is 1. The Hall–Kier alpha value is -1.88. The summed E-state index contributed by atoms with van der Waals surface area (Å²) >= 11 is 0. The number of hydrogen-bond acceptors (Lipinski definition) is 3. The maximum Gasteiger partial charge on any atom is 0.337 e. The number of carboxylic acids is 1. The molecule has 1 heterocycles. The highest BCUT2D eigenvalue weighted by Crippen LogP contribution is 2.21. The van der Waals surface area contributed by atoms with Gasteiger partial charge in [-0.1, -0.05) is 12.1 Å². The Morgan fingerprint density at radius 2 is 2.11 bits per heavy atom. The second kappa shape index (κ2) is 5.18. The van der Waals surface area contributed by atoms with Crippen molar-refractivity contribution >= 4 is 17.6 Å². The molecule has 1 aromatic carbocycles. The van der Waals surface area contributed by atoms with Crippen molar-refractivity contribution in [3.63, 3.8) is 0 Å². The molecule has 18 heavy (non-hydrogen) atoms. The number of nitrogens with one attached hydrogen (secondary N) is 1. The lowest BCUT2D eigenvalue weighted by atomic mass is 10.1. The van der Waals surface area contributed by atoms with Crippen molar-refractivity contribution in [2.45, 2.75) is 18.9 Å². The molecule has 1 aromatic rings. The number of carbonyl (C=O) groups is 2. The molecule has 1 aliphatic rings. The van der Waals surface area contributed by atoms with Crippen LogP contribution >= 0.6 is 0 Å². The fourth-order valence-electron chi connectivity index (χ4n) is 2.19. The Labute approximate surface area is 105 Å². The lowest BCUT2D eigenvalue weighted by Crippen LogP contribution is -2.42. The van der Waals surface area contributed by atoms with Gasteiger partial charge in [0.05, 0.1) is 17.3 Å². The summed E-state index contributed by atoms with van der Waals surface area (Å²) in [5, 5.41) is 12.2. The van der Waals surface area contributed by atoms with E-state index in [2.05, 4.69) is 5.32 Å². The lowest BCUT2D eigenvalue weighted by Gasteiger charge is -2.22. The largest absolute Gasteiger partial charge is 0.478 e.